The van der Waals surface area contributed by atoms with Gasteiger partial charge in [0.15, 0.2) is 11.6 Å². The number of aromatic nitrogens is 3. The highest BCUT2D eigenvalue weighted by atomic mass is 16.6. The summed E-state index contributed by atoms with van der Waals surface area (Å²) in [6, 6.07) is 4.76. The van der Waals surface area contributed by atoms with Crippen LogP contribution in [0.3, 0.4) is 0 Å². The number of carbonyl (C=O) groups excluding carboxylic acids is 1. The third kappa shape index (κ3) is 4.89. The van der Waals surface area contributed by atoms with Gasteiger partial charge in [0.1, 0.15) is 0 Å². The number of amides is 1. The van der Waals surface area contributed by atoms with Crippen LogP contribution in [-0.4, -0.2) is 63.0 Å². The number of benzene rings is 1. The molecule has 2 aromatic rings. The van der Waals surface area contributed by atoms with E-state index in [0.29, 0.717) is 36.8 Å². The normalized spacial score (nSPS) is 16.6. The van der Waals surface area contributed by atoms with E-state index in [-0.39, 0.29) is 17.5 Å². The lowest BCUT2D eigenvalue weighted by atomic mass is 9.95. The largest absolute Gasteiger partial charge is 0.370 e. The Morgan fingerprint density at radius 2 is 1.97 bits per heavy atom. The number of rotatable bonds is 7. The van der Waals surface area contributed by atoms with Gasteiger partial charge in [0.2, 0.25) is 5.91 Å². The average Bonchev–Trinajstić information content (AvgIpc) is 3.10. The molecule has 0 spiro atoms. The van der Waals surface area contributed by atoms with Crippen LogP contribution in [-0.2, 0) is 4.79 Å². The third-order valence-electron chi connectivity index (χ3n) is 5.67. The van der Waals surface area contributed by atoms with Crippen molar-refractivity contribution in [3.8, 4) is 0 Å². The fourth-order valence-electron chi connectivity index (χ4n) is 3.99. The van der Waals surface area contributed by atoms with E-state index in [1.165, 1.54) is 12.1 Å². The highest BCUT2D eigenvalue weighted by Crippen LogP contribution is 2.29. The second-order valence-corrected chi connectivity index (χ2v) is 7.65. The molecule has 0 N–H and O–H groups in total. The molecule has 1 aromatic heterocycles. The average molecular weight is 428 g/mol. The summed E-state index contributed by atoms with van der Waals surface area (Å²) in [6.45, 7) is 10.3. The van der Waals surface area contributed by atoms with Gasteiger partial charge in [0.25, 0.3) is 5.69 Å². The lowest BCUT2D eigenvalue weighted by Crippen LogP contribution is -2.45. The van der Waals surface area contributed by atoms with Crippen LogP contribution in [0, 0.1) is 29.9 Å². The number of nitrogens with zero attached hydrogens (tertiary/aromatic N) is 7. The van der Waals surface area contributed by atoms with Crippen molar-refractivity contribution in [1.82, 2.24) is 19.8 Å². The summed E-state index contributed by atoms with van der Waals surface area (Å²) >= 11 is 0. The summed E-state index contributed by atoms with van der Waals surface area (Å²) in [4.78, 5) is 27.8. The van der Waals surface area contributed by atoms with E-state index in [0.717, 1.165) is 25.1 Å². The Labute approximate surface area is 181 Å². The van der Waals surface area contributed by atoms with Crippen LogP contribution >= 0.6 is 0 Å². The zero-order valence-corrected chi connectivity index (χ0v) is 18.5. The maximum absolute atomic E-state index is 12.9. The van der Waals surface area contributed by atoms with Gasteiger partial charge in [-0.1, -0.05) is 0 Å². The highest BCUT2D eigenvalue weighted by molar-refractivity contribution is 5.89. The molecule has 3 rings (SSSR count). The minimum atomic E-state index is -0.417. The van der Waals surface area contributed by atoms with Crippen LogP contribution in [0.5, 0.6) is 0 Å². The molecule has 1 aliphatic heterocycles. The highest BCUT2D eigenvalue weighted by Gasteiger charge is 2.29. The van der Waals surface area contributed by atoms with Gasteiger partial charge in [-0.3, -0.25) is 14.9 Å². The molecule has 1 unspecified atom stereocenters. The zero-order valence-electron chi connectivity index (χ0n) is 18.5. The van der Waals surface area contributed by atoms with E-state index in [4.69, 9.17) is 0 Å². The number of non-ortho nitro benzene ring substituents is 1. The van der Waals surface area contributed by atoms with Crippen molar-refractivity contribution < 1.29 is 9.72 Å². The molecule has 10 heteroatoms. The molecule has 1 amide bonds. The van der Waals surface area contributed by atoms with Gasteiger partial charge in [-0.2, -0.15) is 5.10 Å². The second-order valence-electron chi connectivity index (χ2n) is 7.65. The molecule has 1 fully saturated rings. The molecule has 0 radical (unpaired) electrons. The Kier molecular flexibility index (Phi) is 6.98. The molecular weight excluding hydrogens is 398 g/mol. The van der Waals surface area contributed by atoms with Crippen LogP contribution in [0.2, 0.25) is 0 Å². The fraction of sp³-hybridized carbons (Fsp3) is 0.524. The van der Waals surface area contributed by atoms with E-state index >= 15 is 0 Å². The van der Waals surface area contributed by atoms with E-state index in [9.17, 15) is 14.9 Å². The Bertz CT molecular complexity index is 962. The molecule has 1 atom stereocenters. The van der Waals surface area contributed by atoms with Gasteiger partial charge >= 0.3 is 0 Å². The lowest BCUT2D eigenvalue weighted by Gasteiger charge is -2.36. The van der Waals surface area contributed by atoms with Crippen molar-refractivity contribution in [3.63, 3.8) is 0 Å². The van der Waals surface area contributed by atoms with Crippen LogP contribution in [0.15, 0.2) is 23.3 Å². The van der Waals surface area contributed by atoms with Gasteiger partial charge < -0.3 is 9.80 Å². The van der Waals surface area contributed by atoms with Gasteiger partial charge in [0, 0.05) is 49.6 Å². The summed E-state index contributed by atoms with van der Waals surface area (Å²) in [5.74, 6) is 1.34. The van der Waals surface area contributed by atoms with Crippen molar-refractivity contribution in [1.29, 1.82) is 0 Å². The fourth-order valence-corrected chi connectivity index (χ4v) is 3.99. The number of anilines is 1. The summed E-state index contributed by atoms with van der Waals surface area (Å²) in [5.41, 5.74) is 1.45. The van der Waals surface area contributed by atoms with Crippen molar-refractivity contribution in [3.05, 3.63) is 45.5 Å². The van der Waals surface area contributed by atoms with E-state index in [1.54, 1.807) is 30.8 Å². The van der Waals surface area contributed by atoms with Crippen LogP contribution in [0.25, 0.3) is 0 Å². The zero-order chi connectivity index (χ0) is 22.5. The number of piperidine rings is 1. The van der Waals surface area contributed by atoms with E-state index in [1.807, 2.05) is 18.7 Å². The second kappa shape index (κ2) is 9.67. The molecule has 1 aromatic carbocycles. The monoisotopic (exact) mass is 427 g/mol. The number of hydrogen-bond donors (Lipinski definition) is 0. The summed E-state index contributed by atoms with van der Waals surface area (Å²) in [7, 11) is 0. The topological polar surface area (TPSA) is 110 Å². The Morgan fingerprint density at radius 1 is 1.29 bits per heavy atom. The van der Waals surface area contributed by atoms with Crippen molar-refractivity contribution >= 4 is 23.5 Å². The SMILES string of the molecule is CCN(CC)C(=O)C1CCCN(c2ccc([N+](=O)[O-])cc2C=Nn2c(C)nnc2C)C1. The maximum Gasteiger partial charge on any atom is 0.270 e. The van der Waals surface area contributed by atoms with Gasteiger partial charge in [-0.25, -0.2) is 4.68 Å². The summed E-state index contributed by atoms with van der Waals surface area (Å²) in [5, 5.41) is 23.8. The molecule has 1 aliphatic rings. The first-order valence-corrected chi connectivity index (χ1v) is 10.6. The molecular formula is C21H29N7O3. The van der Waals surface area contributed by atoms with Crippen LogP contribution in [0.4, 0.5) is 11.4 Å². The standard InChI is InChI=1S/C21H29N7O3/c1-5-25(6-2)21(29)17-8-7-11-26(14-17)20-10-9-19(28(30)31)12-18(20)13-22-27-15(3)23-24-16(27)4/h9-10,12-13,17H,5-8,11,14H2,1-4H3. The van der Waals surface area contributed by atoms with Crippen molar-refractivity contribution in [2.45, 2.75) is 40.5 Å². The maximum atomic E-state index is 12.9. The number of nitro groups is 1. The molecule has 2 heterocycles. The Balaban J connectivity index is 1.92. The minimum Gasteiger partial charge on any atom is -0.370 e. The van der Waals surface area contributed by atoms with E-state index in [2.05, 4.69) is 20.2 Å². The Morgan fingerprint density at radius 3 is 2.58 bits per heavy atom. The first-order chi connectivity index (χ1) is 14.8. The van der Waals surface area contributed by atoms with Gasteiger partial charge in [0.05, 0.1) is 17.1 Å². The van der Waals surface area contributed by atoms with Crippen molar-refractivity contribution in [2.75, 3.05) is 31.1 Å². The quantitative estimate of drug-likeness (QED) is 0.382. The third-order valence-corrected chi connectivity index (χ3v) is 5.67. The van der Waals surface area contributed by atoms with Crippen LogP contribution in [0.1, 0.15) is 43.9 Å². The predicted molar refractivity (Wildman–Crippen MR) is 118 cm³/mol. The number of aryl methyl sites for hydroxylation is 2. The molecule has 10 nitrogen and oxygen atoms in total. The minimum absolute atomic E-state index is 0.00447. The Hall–Kier alpha value is -3.30. The molecule has 166 valence electrons. The van der Waals surface area contributed by atoms with E-state index < -0.39 is 4.92 Å². The number of nitro benzene ring substituents is 1. The summed E-state index contributed by atoms with van der Waals surface area (Å²) < 4.78 is 1.59. The smallest absolute Gasteiger partial charge is 0.270 e. The van der Waals surface area contributed by atoms with Crippen LogP contribution < -0.4 is 4.90 Å². The van der Waals surface area contributed by atoms with Crippen molar-refractivity contribution in [2.24, 2.45) is 11.0 Å². The molecule has 0 aliphatic carbocycles. The summed E-state index contributed by atoms with van der Waals surface area (Å²) in [6.07, 6.45) is 3.33. The molecule has 0 bridgehead atoms. The number of hydrogen-bond acceptors (Lipinski definition) is 7. The molecule has 1 saturated heterocycles. The van der Waals surface area contributed by atoms with Gasteiger partial charge in [-0.05, 0) is 46.6 Å². The predicted octanol–water partition coefficient (Wildman–Crippen LogP) is 2.77. The number of carbonyl (C=O) groups is 1. The molecule has 0 saturated carbocycles. The first kappa shape index (κ1) is 22.4. The lowest BCUT2D eigenvalue weighted by molar-refractivity contribution is -0.384. The van der Waals surface area contributed by atoms with Gasteiger partial charge in [-0.15, -0.1) is 10.2 Å². The first-order valence-electron chi connectivity index (χ1n) is 10.6. The molecule has 31 heavy (non-hydrogen) atoms.